The van der Waals surface area contributed by atoms with Crippen molar-refractivity contribution in [3.63, 3.8) is 0 Å². The van der Waals surface area contributed by atoms with Crippen LogP contribution in [0.3, 0.4) is 0 Å². The molecule has 2 saturated heterocycles. The maximum absolute atomic E-state index is 13.0. The molecule has 2 aromatic carbocycles. The topological polar surface area (TPSA) is 273 Å². The minimum atomic E-state index is -1.02. The number of amides is 1. The zero-order valence-electron chi connectivity index (χ0n) is 35.3. The summed E-state index contributed by atoms with van der Waals surface area (Å²) in [6, 6.07) is 15.8. The van der Waals surface area contributed by atoms with Gasteiger partial charge in [0.15, 0.2) is 22.9 Å². The van der Waals surface area contributed by atoms with Crippen LogP contribution in [-0.4, -0.2) is 134 Å². The Balaban J connectivity index is 0.000000285. The fourth-order valence-corrected chi connectivity index (χ4v) is 7.45. The molecule has 1 amide bonds. The van der Waals surface area contributed by atoms with Gasteiger partial charge in [0.2, 0.25) is 5.91 Å². The average Bonchev–Trinajstić information content (AvgIpc) is 4.14. The lowest BCUT2D eigenvalue weighted by atomic mass is 10.2. The molecule has 27 heteroatoms. The Morgan fingerprint density at radius 1 is 0.603 bits per heavy atom. The number of rotatable bonds is 8. The first kappa shape index (κ1) is 56.1. The van der Waals surface area contributed by atoms with Crippen LogP contribution in [0.5, 0.6) is 0 Å². The number of fused-ring (bicyclic) bond motifs is 2. The number of nitrogens with zero attached hydrogens (tertiary/aromatic N) is 13. The highest BCUT2D eigenvalue weighted by Gasteiger charge is 2.25. The average molecular weight is 1060 g/mol. The van der Waals surface area contributed by atoms with Crippen molar-refractivity contribution in [1.29, 1.82) is 0 Å². The number of nitrogens with two attached hydrogens (primary N) is 2. The molecule has 0 atom stereocenters. The first-order chi connectivity index (χ1) is 30.6. The summed E-state index contributed by atoms with van der Waals surface area (Å²) in [4.78, 5) is 60.8. The molecular weight excluding hydrogens is 1010 g/mol. The smallest absolute Gasteiger partial charge is 0.325 e. The van der Waals surface area contributed by atoms with Gasteiger partial charge in [0.25, 0.3) is 0 Å². The number of hydrogen-bond acceptors (Lipinski definition) is 15. The zero-order valence-corrected chi connectivity index (χ0v) is 40.1. The molecule has 2 aliphatic heterocycles. The van der Waals surface area contributed by atoms with E-state index in [1.165, 1.54) is 23.0 Å². The van der Waals surface area contributed by atoms with Crippen molar-refractivity contribution in [2.24, 2.45) is 0 Å². The number of anilines is 4. The van der Waals surface area contributed by atoms with Crippen molar-refractivity contribution >= 4 is 130 Å². The number of carboxylic acids is 1. The number of hydrogen-bond donors (Lipinski definition) is 6. The second-order valence-corrected chi connectivity index (χ2v) is 15.1. The molecule has 0 aliphatic carbocycles. The third-order valence-electron chi connectivity index (χ3n) is 10.3. The highest BCUT2D eigenvalue weighted by atomic mass is 35.5. The number of aromatic nitrogens is 12. The van der Waals surface area contributed by atoms with E-state index in [-0.39, 0.29) is 81.9 Å². The number of aromatic amines is 2. The van der Waals surface area contributed by atoms with E-state index < -0.39 is 5.97 Å². The van der Waals surface area contributed by atoms with E-state index in [1.54, 1.807) is 29.5 Å². The van der Waals surface area contributed by atoms with E-state index in [0.717, 1.165) is 50.0 Å². The van der Waals surface area contributed by atoms with Gasteiger partial charge < -0.3 is 46.6 Å². The monoisotopic (exact) mass is 1050 g/mol. The molecule has 21 nitrogen and oxygen atoms in total. The number of carbonyl (C=O) groups excluding carboxylic acids is 1. The first-order valence-corrected chi connectivity index (χ1v) is 20.5. The lowest BCUT2D eigenvalue weighted by Gasteiger charge is -2.36. The highest BCUT2D eigenvalue weighted by molar-refractivity contribution is 6.31. The van der Waals surface area contributed by atoms with Crippen LogP contribution in [0.1, 0.15) is 7.43 Å². The van der Waals surface area contributed by atoms with Crippen LogP contribution in [0.25, 0.3) is 45.1 Å². The largest absolute Gasteiger partial charge is 0.480 e. The summed E-state index contributed by atoms with van der Waals surface area (Å²) in [6.45, 7) is 6.82. The summed E-state index contributed by atoms with van der Waals surface area (Å²) in [5.41, 5.74) is 16.1. The lowest BCUT2D eigenvalue weighted by molar-refractivity contribution is -0.137. The van der Waals surface area contributed by atoms with Gasteiger partial charge in [-0.1, -0.05) is 30.6 Å². The predicted molar refractivity (Wildman–Crippen MR) is 275 cm³/mol. The van der Waals surface area contributed by atoms with E-state index in [9.17, 15) is 9.59 Å². The summed E-state index contributed by atoms with van der Waals surface area (Å²) in [5, 5.41) is 23.5. The van der Waals surface area contributed by atoms with Gasteiger partial charge in [0.1, 0.15) is 48.8 Å². The van der Waals surface area contributed by atoms with E-state index in [4.69, 9.17) is 39.8 Å². The summed E-state index contributed by atoms with van der Waals surface area (Å²) < 4.78 is 2.83. The van der Waals surface area contributed by atoms with Gasteiger partial charge in [-0.05, 0) is 48.5 Å². The molecule has 6 aromatic heterocycles. The molecule has 0 radical (unpaired) electrons. The molecule has 10 rings (SSSR count). The Bertz CT molecular complexity index is 2800. The number of carbonyl (C=O) groups is 2. The minimum Gasteiger partial charge on any atom is -0.480 e. The second-order valence-electron chi connectivity index (χ2n) is 14.3. The van der Waals surface area contributed by atoms with Crippen LogP contribution >= 0.6 is 72.8 Å². The van der Waals surface area contributed by atoms with E-state index in [2.05, 4.69) is 77.3 Å². The maximum Gasteiger partial charge on any atom is 0.325 e. The number of benzene rings is 2. The van der Waals surface area contributed by atoms with Crippen LogP contribution in [0, 0.1) is 0 Å². The molecule has 2 aliphatic rings. The molecule has 8 N–H and O–H groups in total. The van der Waals surface area contributed by atoms with Crippen LogP contribution in [0.15, 0.2) is 86.0 Å². The predicted octanol–water partition coefficient (Wildman–Crippen LogP) is 5.76. The van der Waals surface area contributed by atoms with Crippen LogP contribution in [-0.2, 0) is 22.7 Å². The quantitative estimate of drug-likeness (QED) is 0.106. The normalized spacial score (nSPS) is 12.9. The molecular formula is C41H50Cl6N18O3. The highest BCUT2D eigenvalue weighted by Crippen LogP contribution is 2.29. The van der Waals surface area contributed by atoms with Crippen molar-refractivity contribution in [3.8, 4) is 23.0 Å². The first-order valence-electron chi connectivity index (χ1n) is 19.8. The number of H-pyrrole nitrogens is 2. The third kappa shape index (κ3) is 13.1. The van der Waals surface area contributed by atoms with Gasteiger partial charge in [-0.3, -0.25) is 9.59 Å². The maximum atomic E-state index is 13.0. The fourth-order valence-electron chi connectivity index (χ4n) is 7.20. The molecule has 68 heavy (non-hydrogen) atoms. The van der Waals surface area contributed by atoms with Crippen LogP contribution < -0.4 is 26.6 Å². The number of nitrogen functional groups attached to an aromatic ring is 2. The number of piperazine rings is 2. The molecule has 0 unspecified atom stereocenters. The van der Waals surface area contributed by atoms with Crippen molar-refractivity contribution in [1.82, 2.24) is 69.6 Å². The van der Waals surface area contributed by atoms with Gasteiger partial charge in [-0.25, -0.2) is 39.3 Å². The summed E-state index contributed by atoms with van der Waals surface area (Å²) in [5.74, 6) is 0.514. The number of carboxylic acid groups (broad SMARTS) is 1. The van der Waals surface area contributed by atoms with Crippen molar-refractivity contribution in [2.45, 2.75) is 20.5 Å². The SMILES string of the molecule is C.Cl.Cl.Cl.Cl.Clc1ccc(N2CCNCC2)cc1.Nc1ncnc2c1c(-c1ncc[nH]1)nn2CC(=O)N1CCN(c2ccc(Cl)cc2)CC1.Nc1ncnc2c1c(-c1ncc[nH]1)nn2CC(=O)O. The number of nitrogens with one attached hydrogen (secondary N) is 3. The van der Waals surface area contributed by atoms with Crippen molar-refractivity contribution in [2.75, 3.05) is 73.6 Å². The van der Waals surface area contributed by atoms with Gasteiger partial charge in [-0.15, -0.1) is 49.6 Å². The molecule has 2 fully saturated rings. The Morgan fingerprint density at radius 3 is 1.44 bits per heavy atom. The van der Waals surface area contributed by atoms with Crippen molar-refractivity contribution in [3.05, 3.63) is 96.0 Å². The van der Waals surface area contributed by atoms with E-state index in [1.807, 2.05) is 41.3 Å². The van der Waals surface area contributed by atoms with E-state index >= 15 is 0 Å². The lowest BCUT2D eigenvalue weighted by Crippen LogP contribution is -2.49. The number of aliphatic carboxylic acids is 1. The van der Waals surface area contributed by atoms with E-state index in [0.29, 0.717) is 69.0 Å². The van der Waals surface area contributed by atoms with Gasteiger partial charge in [0.05, 0.1) is 10.8 Å². The standard InChI is InChI=1S/C20H20ClN9O.C10H13ClN2.C10H9N7O2.CH4.4ClH/c21-13-1-3-14(4-2-13)28-7-9-29(10-8-28)15(31)11-30-20-16(18(22)25-12-26-20)17(27-30)19-23-5-6-24-19;11-9-1-3-10(4-2-9)13-7-5-12-6-8-13;11-8-6-7(9-12-1-2-13-9)16-17(3-5(18)19)10(6)15-4-14-8;;;;;/h1-6,12H,7-11H2,(H,23,24)(H2,22,25,26);1-4,12H,5-8H2;1-2,4H,3H2,(H,12,13)(H,18,19)(H2,11,14,15);1H4;4*1H. The fraction of sp³-hybridized carbons (Fsp3) is 0.268. The Labute approximate surface area is 425 Å². The number of imidazole rings is 2. The number of halogens is 6. The minimum absolute atomic E-state index is 0. The summed E-state index contributed by atoms with van der Waals surface area (Å²) in [6.07, 6.45) is 9.17. The van der Waals surface area contributed by atoms with Crippen molar-refractivity contribution < 1.29 is 14.7 Å². The third-order valence-corrected chi connectivity index (χ3v) is 10.8. The van der Waals surface area contributed by atoms with Gasteiger partial charge in [-0.2, -0.15) is 10.2 Å². The zero-order chi connectivity index (χ0) is 43.9. The van der Waals surface area contributed by atoms with Crippen LogP contribution in [0.4, 0.5) is 23.0 Å². The Kier molecular flexibility index (Phi) is 21.3. The Morgan fingerprint density at radius 2 is 1.03 bits per heavy atom. The molecule has 0 bridgehead atoms. The summed E-state index contributed by atoms with van der Waals surface area (Å²) >= 11 is 11.8. The van der Waals surface area contributed by atoms with Crippen LogP contribution in [0.2, 0.25) is 10.0 Å². The molecule has 0 saturated carbocycles. The van der Waals surface area contributed by atoms with Gasteiger partial charge in [0, 0.05) is 98.6 Å². The summed E-state index contributed by atoms with van der Waals surface area (Å²) in [7, 11) is 0. The van der Waals surface area contributed by atoms with Gasteiger partial charge >= 0.3 is 5.97 Å². The molecule has 8 heterocycles. The molecule has 8 aromatic rings. The molecule has 364 valence electrons. The Hall–Kier alpha value is -6.20. The molecule has 0 spiro atoms. The second kappa shape index (κ2) is 25.8.